The molecule has 2 N–H and O–H groups in total. The molecule has 2 heterocycles. The molecule has 6 nitrogen and oxygen atoms in total. The van der Waals surface area contributed by atoms with Crippen LogP contribution in [0.5, 0.6) is 0 Å². The van der Waals surface area contributed by atoms with E-state index in [9.17, 15) is 0 Å². The van der Waals surface area contributed by atoms with Crippen molar-refractivity contribution in [2.45, 2.75) is 0 Å². The smallest absolute Gasteiger partial charge is 0.228 e. The summed E-state index contributed by atoms with van der Waals surface area (Å²) >= 11 is 5.16. The van der Waals surface area contributed by atoms with Gasteiger partial charge in [-0.1, -0.05) is 0 Å². The van der Waals surface area contributed by atoms with Gasteiger partial charge < -0.3 is 15.4 Å². The highest BCUT2D eigenvalue weighted by molar-refractivity contribution is 7.80. The Bertz CT molecular complexity index is 369. The lowest BCUT2D eigenvalue weighted by Gasteiger charge is -2.26. The molecule has 0 bridgehead atoms. The molecule has 18 heavy (non-hydrogen) atoms. The van der Waals surface area contributed by atoms with Crippen LogP contribution in [-0.2, 0) is 4.74 Å². The van der Waals surface area contributed by atoms with Crippen LogP contribution in [0, 0.1) is 0 Å². The highest BCUT2D eigenvalue weighted by atomic mass is 32.1. The van der Waals surface area contributed by atoms with Gasteiger partial charge in [0.05, 0.1) is 13.2 Å². The van der Waals surface area contributed by atoms with Crippen LogP contribution in [-0.4, -0.2) is 59.4 Å². The van der Waals surface area contributed by atoms with Gasteiger partial charge in [0.15, 0.2) is 5.11 Å². The van der Waals surface area contributed by atoms with Crippen molar-refractivity contribution >= 4 is 23.3 Å². The molecular weight excluding hydrogens is 250 g/mol. The minimum Gasteiger partial charge on any atom is -0.379 e. The molecule has 1 aromatic rings. The molecule has 0 atom stereocenters. The molecule has 0 spiro atoms. The molecule has 0 amide bonds. The minimum absolute atomic E-state index is 0.515. The zero-order valence-corrected chi connectivity index (χ0v) is 10.9. The fraction of sp³-hybridized carbons (Fsp3) is 0.545. The lowest BCUT2D eigenvalue weighted by molar-refractivity contribution is 0.0389. The van der Waals surface area contributed by atoms with Gasteiger partial charge in [-0.05, 0) is 18.3 Å². The summed E-state index contributed by atoms with van der Waals surface area (Å²) in [5.74, 6) is 0.515. The maximum Gasteiger partial charge on any atom is 0.228 e. The first kappa shape index (κ1) is 13.1. The van der Waals surface area contributed by atoms with E-state index in [0.29, 0.717) is 11.1 Å². The number of morpholine rings is 1. The summed E-state index contributed by atoms with van der Waals surface area (Å²) in [5, 5.41) is 6.62. The van der Waals surface area contributed by atoms with Crippen molar-refractivity contribution in [2.24, 2.45) is 0 Å². The number of rotatable bonds is 4. The third kappa shape index (κ3) is 4.52. The van der Waals surface area contributed by atoms with E-state index < -0.39 is 0 Å². The van der Waals surface area contributed by atoms with Crippen molar-refractivity contribution in [3.63, 3.8) is 0 Å². The lowest BCUT2D eigenvalue weighted by atomic mass is 10.4. The number of anilines is 1. The van der Waals surface area contributed by atoms with Crippen LogP contribution < -0.4 is 10.6 Å². The summed E-state index contributed by atoms with van der Waals surface area (Å²) in [6, 6.07) is 1.76. The van der Waals surface area contributed by atoms with Crippen molar-refractivity contribution in [1.29, 1.82) is 0 Å². The Hall–Kier alpha value is -1.31. The van der Waals surface area contributed by atoms with Gasteiger partial charge >= 0.3 is 0 Å². The molecule has 1 aliphatic rings. The highest BCUT2D eigenvalue weighted by Gasteiger charge is 2.09. The summed E-state index contributed by atoms with van der Waals surface area (Å²) in [6.07, 6.45) is 3.34. The summed E-state index contributed by atoms with van der Waals surface area (Å²) in [4.78, 5) is 10.4. The van der Waals surface area contributed by atoms with Crippen molar-refractivity contribution in [3.8, 4) is 0 Å². The molecule has 0 aliphatic carbocycles. The minimum atomic E-state index is 0.515. The Kier molecular flexibility index (Phi) is 5.25. The van der Waals surface area contributed by atoms with E-state index in [1.165, 1.54) is 0 Å². The monoisotopic (exact) mass is 267 g/mol. The molecule has 98 valence electrons. The SMILES string of the molecule is S=C(NCCN1CCOCC1)Nc1ncccn1. The summed E-state index contributed by atoms with van der Waals surface area (Å²) in [7, 11) is 0. The van der Waals surface area contributed by atoms with E-state index in [0.717, 1.165) is 39.4 Å². The summed E-state index contributed by atoms with van der Waals surface area (Å²) < 4.78 is 5.29. The molecule has 1 aliphatic heterocycles. The average Bonchev–Trinajstić information content (AvgIpc) is 2.41. The fourth-order valence-electron chi connectivity index (χ4n) is 1.66. The van der Waals surface area contributed by atoms with E-state index in [4.69, 9.17) is 17.0 Å². The third-order valence-electron chi connectivity index (χ3n) is 2.61. The topological polar surface area (TPSA) is 62.3 Å². The van der Waals surface area contributed by atoms with E-state index in [-0.39, 0.29) is 0 Å². The Morgan fingerprint density at radius 1 is 1.33 bits per heavy atom. The van der Waals surface area contributed by atoms with Crippen molar-refractivity contribution in [1.82, 2.24) is 20.2 Å². The number of hydrogen-bond acceptors (Lipinski definition) is 5. The second kappa shape index (κ2) is 7.20. The number of thiocarbonyl (C=S) groups is 1. The lowest BCUT2D eigenvalue weighted by Crippen LogP contribution is -2.42. The maximum absolute atomic E-state index is 5.29. The maximum atomic E-state index is 5.29. The summed E-state index contributed by atoms with van der Waals surface area (Å²) in [5.41, 5.74) is 0. The second-order valence-corrected chi connectivity index (χ2v) is 4.32. The molecule has 1 saturated heterocycles. The molecule has 1 fully saturated rings. The van der Waals surface area contributed by atoms with E-state index in [1.807, 2.05) is 0 Å². The average molecular weight is 267 g/mol. The quantitative estimate of drug-likeness (QED) is 0.750. The molecular formula is C11H17N5OS. The largest absolute Gasteiger partial charge is 0.379 e. The first-order valence-corrected chi connectivity index (χ1v) is 6.37. The van der Waals surface area contributed by atoms with Crippen molar-refractivity contribution in [3.05, 3.63) is 18.5 Å². The van der Waals surface area contributed by atoms with Gasteiger partial charge in [0, 0.05) is 38.6 Å². The normalized spacial score (nSPS) is 16.2. The Labute approximate surface area is 112 Å². The van der Waals surface area contributed by atoms with Gasteiger partial charge in [0.2, 0.25) is 5.95 Å². The number of nitrogens with one attached hydrogen (secondary N) is 2. The van der Waals surface area contributed by atoms with E-state index in [2.05, 4.69) is 25.5 Å². The van der Waals surface area contributed by atoms with E-state index in [1.54, 1.807) is 18.5 Å². The molecule has 0 unspecified atom stereocenters. The van der Waals surface area contributed by atoms with Crippen LogP contribution in [0.15, 0.2) is 18.5 Å². The number of aromatic nitrogens is 2. The zero-order valence-electron chi connectivity index (χ0n) is 10.1. The van der Waals surface area contributed by atoms with Crippen LogP contribution in [0.1, 0.15) is 0 Å². The summed E-state index contributed by atoms with van der Waals surface area (Å²) in [6.45, 7) is 5.38. The molecule has 0 saturated carbocycles. The third-order valence-corrected chi connectivity index (χ3v) is 2.85. The van der Waals surface area contributed by atoms with Crippen molar-refractivity contribution < 1.29 is 4.74 Å². The Morgan fingerprint density at radius 3 is 2.78 bits per heavy atom. The van der Waals surface area contributed by atoms with Crippen LogP contribution >= 0.6 is 12.2 Å². The molecule has 7 heteroatoms. The van der Waals surface area contributed by atoms with Crippen LogP contribution in [0.3, 0.4) is 0 Å². The number of ether oxygens (including phenoxy) is 1. The first-order chi connectivity index (χ1) is 8.84. The second-order valence-electron chi connectivity index (χ2n) is 3.91. The van der Waals surface area contributed by atoms with Gasteiger partial charge in [0.1, 0.15) is 0 Å². The molecule has 1 aromatic heterocycles. The highest BCUT2D eigenvalue weighted by Crippen LogP contribution is 1.96. The van der Waals surface area contributed by atoms with Gasteiger partial charge in [0.25, 0.3) is 0 Å². The van der Waals surface area contributed by atoms with Crippen LogP contribution in [0.2, 0.25) is 0 Å². The fourth-order valence-corrected chi connectivity index (χ4v) is 1.86. The standard InChI is InChI=1S/C11H17N5OS/c18-11(15-10-12-2-1-3-13-10)14-4-5-16-6-8-17-9-7-16/h1-3H,4-9H2,(H2,12,13,14,15,18). The molecule has 0 aromatic carbocycles. The van der Waals surface area contributed by atoms with Gasteiger partial charge in [-0.2, -0.15) is 0 Å². The first-order valence-electron chi connectivity index (χ1n) is 5.96. The predicted octanol–water partition coefficient (Wildman–Crippen LogP) is 0.0952. The van der Waals surface area contributed by atoms with E-state index >= 15 is 0 Å². The molecule has 0 radical (unpaired) electrons. The van der Waals surface area contributed by atoms with Crippen LogP contribution in [0.4, 0.5) is 5.95 Å². The zero-order chi connectivity index (χ0) is 12.6. The Balaban J connectivity index is 1.62. The number of nitrogens with zero attached hydrogens (tertiary/aromatic N) is 3. The predicted molar refractivity (Wildman–Crippen MR) is 73.5 cm³/mol. The number of hydrogen-bond donors (Lipinski definition) is 2. The van der Waals surface area contributed by atoms with Gasteiger partial charge in [-0.3, -0.25) is 4.90 Å². The van der Waals surface area contributed by atoms with Gasteiger partial charge in [-0.15, -0.1) is 0 Å². The van der Waals surface area contributed by atoms with Crippen LogP contribution in [0.25, 0.3) is 0 Å². The van der Waals surface area contributed by atoms with Crippen molar-refractivity contribution in [2.75, 3.05) is 44.7 Å². The Morgan fingerprint density at radius 2 is 2.06 bits per heavy atom. The molecule has 2 rings (SSSR count). The van der Waals surface area contributed by atoms with Gasteiger partial charge in [-0.25, -0.2) is 9.97 Å².